The van der Waals surface area contributed by atoms with E-state index >= 15 is 0 Å². The fraction of sp³-hybridized carbons (Fsp3) is 0.778. The molecule has 0 spiro atoms. The van der Waals surface area contributed by atoms with Crippen molar-refractivity contribution in [1.82, 2.24) is 10.6 Å². The first-order valence-corrected chi connectivity index (χ1v) is 6.98. The number of carbonyl (C=O) groups excluding carboxylic acids is 1. The second-order valence-corrected chi connectivity index (χ2v) is 7.10. The van der Waals surface area contributed by atoms with Gasteiger partial charge in [-0.2, -0.15) is 0 Å². The molecule has 0 aliphatic rings. The molecule has 18 heavy (non-hydrogen) atoms. The maximum absolute atomic E-state index is 11.3. The van der Waals surface area contributed by atoms with Crippen LogP contribution in [0.3, 0.4) is 0 Å². The van der Waals surface area contributed by atoms with Crippen LogP contribution in [-0.2, 0) is 14.6 Å². The fourth-order valence-corrected chi connectivity index (χ4v) is 1.10. The number of urea groups is 1. The van der Waals surface area contributed by atoms with Gasteiger partial charge >= 0.3 is 12.0 Å². The Labute approximate surface area is 105 Å². The minimum atomic E-state index is -3.33. The molecule has 0 saturated carbocycles. The van der Waals surface area contributed by atoms with E-state index in [0.29, 0.717) is 0 Å². The minimum Gasteiger partial charge on any atom is -0.479 e. The van der Waals surface area contributed by atoms with Crippen LogP contribution in [0.4, 0.5) is 4.79 Å². The average Bonchev–Trinajstić information content (AvgIpc) is 2.21. The molecule has 8 nitrogen and oxygen atoms in total. The molecule has 0 bridgehead atoms. The van der Waals surface area contributed by atoms with Crippen LogP contribution in [0.25, 0.3) is 0 Å². The number of carboxylic acids is 1. The van der Waals surface area contributed by atoms with Crippen molar-refractivity contribution in [1.29, 1.82) is 0 Å². The number of aliphatic hydroxyl groups excluding tert-OH is 1. The van der Waals surface area contributed by atoms with Crippen molar-refractivity contribution in [3.05, 3.63) is 0 Å². The van der Waals surface area contributed by atoms with Crippen molar-refractivity contribution in [2.75, 3.05) is 19.3 Å². The smallest absolute Gasteiger partial charge is 0.334 e. The Balaban J connectivity index is 4.17. The van der Waals surface area contributed by atoms with Crippen LogP contribution in [0.1, 0.15) is 13.8 Å². The van der Waals surface area contributed by atoms with Gasteiger partial charge in [-0.1, -0.05) is 0 Å². The van der Waals surface area contributed by atoms with Gasteiger partial charge in [0.05, 0.1) is 11.3 Å². The molecule has 106 valence electrons. The number of rotatable bonds is 6. The number of aliphatic hydroxyl groups is 1. The summed E-state index contributed by atoms with van der Waals surface area (Å²) in [5, 5.41) is 21.7. The SMILES string of the molecule is CC(C)(CNC(=O)NC[C@H](O)C(=O)O)S(C)(=O)=O. The molecule has 0 aliphatic carbocycles. The number of carbonyl (C=O) groups is 2. The van der Waals surface area contributed by atoms with E-state index in [1.165, 1.54) is 13.8 Å². The summed E-state index contributed by atoms with van der Waals surface area (Å²) in [4.78, 5) is 21.5. The van der Waals surface area contributed by atoms with Gasteiger partial charge < -0.3 is 20.8 Å². The largest absolute Gasteiger partial charge is 0.479 e. The first-order chi connectivity index (χ1) is 7.97. The summed E-state index contributed by atoms with van der Waals surface area (Å²) < 4.78 is 21.5. The summed E-state index contributed by atoms with van der Waals surface area (Å²) >= 11 is 0. The molecular weight excluding hydrogens is 264 g/mol. The highest BCUT2D eigenvalue weighted by Crippen LogP contribution is 2.13. The number of hydrogen-bond acceptors (Lipinski definition) is 5. The lowest BCUT2D eigenvalue weighted by molar-refractivity contribution is -0.146. The predicted octanol–water partition coefficient (Wildman–Crippen LogP) is -1.45. The summed E-state index contributed by atoms with van der Waals surface area (Å²) in [6.45, 7) is 2.32. The topological polar surface area (TPSA) is 133 Å². The van der Waals surface area contributed by atoms with E-state index in [2.05, 4.69) is 10.6 Å². The van der Waals surface area contributed by atoms with Crippen LogP contribution in [-0.4, -0.2) is 60.8 Å². The van der Waals surface area contributed by atoms with Gasteiger partial charge in [0.1, 0.15) is 0 Å². The normalized spacial score (nSPS) is 13.8. The summed E-state index contributed by atoms with van der Waals surface area (Å²) in [5.74, 6) is -1.45. The molecule has 0 radical (unpaired) electrons. The molecule has 0 unspecified atom stereocenters. The molecule has 0 heterocycles. The molecule has 0 aromatic carbocycles. The molecule has 0 aromatic heterocycles. The zero-order valence-electron chi connectivity index (χ0n) is 10.4. The Kier molecular flexibility index (Phi) is 5.55. The van der Waals surface area contributed by atoms with Gasteiger partial charge in [-0.15, -0.1) is 0 Å². The van der Waals surface area contributed by atoms with Gasteiger partial charge in [0, 0.05) is 12.8 Å². The summed E-state index contributed by atoms with van der Waals surface area (Å²) in [6, 6.07) is -0.743. The van der Waals surface area contributed by atoms with Crippen LogP contribution in [0.5, 0.6) is 0 Å². The van der Waals surface area contributed by atoms with E-state index in [1.807, 2.05) is 0 Å². The standard InChI is InChI=1S/C9H18N2O6S/c1-9(2,18(3,16)17)5-11-8(15)10-4-6(12)7(13)14/h6,12H,4-5H2,1-3H3,(H,13,14)(H2,10,11,15)/t6-/m0/s1. The zero-order chi connectivity index (χ0) is 14.6. The number of sulfone groups is 1. The van der Waals surface area contributed by atoms with Crippen LogP contribution in [0.15, 0.2) is 0 Å². The average molecular weight is 282 g/mol. The lowest BCUT2D eigenvalue weighted by Gasteiger charge is -2.22. The van der Waals surface area contributed by atoms with Gasteiger partial charge in [-0.05, 0) is 13.8 Å². The number of aliphatic carboxylic acids is 1. The van der Waals surface area contributed by atoms with Crippen molar-refractivity contribution in [3.8, 4) is 0 Å². The maximum atomic E-state index is 11.3. The lowest BCUT2D eigenvalue weighted by atomic mass is 10.2. The Morgan fingerprint density at radius 1 is 1.28 bits per heavy atom. The van der Waals surface area contributed by atoms with Crippen LogP contribution in [0, 0.1) is 0 Å². The van der Waals surface area contributed by atoms with Crippen molar-refractivity contribution in [2.45, 2.75) is 24.7 Å². The van der Waals surface area contributed by atoms with E-state index in [4.69, 9.17) is 10.2 Å². The monoisotopic (exact) mass is 282 g/mol. The molecule has 2 amide bonds. The highest BCUT2D eigenvalue weighted by Gasteiger charge is 2.30. The Morgan fingerprint density at radius 3 is 2.17 bits per heavy atom. The first-order valence-electron chi connectivity index (χ1n) is 5.09. The highest BCUT2D eigenvalue weighted by molar-refractivity contribution is 7.92. The van der Waals surface area contributed by atoms with Gasteiger partial charge in [-0.25, -0.2) is 18.0 Å². The second kappa shape index (κ2) is 6.01. The third-order valence-electron chi connectivity index (χ3n) is 2.42. The predicted molar refractivity (Wildman–Crippen MR) is 64.0 cm³/mol. The van der Waals surface area contributed by atoms with Crippen LogP contribution >= 0.6 is 0 Å². The van der Waals surface area contributed by atoms with Crippen molar-refractivity contribution in [3.63, 3.8) is 0 Å². The summed E-state index contributed by atoms with van der Waals surface area (Å²) in [5.41, 5.74) is 0. The van der Waals surface area contributed by atoms with Crippen LogP contribution in [0.2, 0.25) is 0 Å². The van der Waals surface area contributed by atoms with Crippen molar-refractivity contribution >= 4 is 21.8 Å². The van der Waals surface area contributed by atoms with E-state index in [9.17, 15) is 18.0 Å². The van der Waals surface area contributed by atoms with E-state index < -0.39 is 39.2 Å². The second-order valence-electron chi connectivity index (χ2n) is 4.45. The van der Waals surface area contributed by atoms with E-state index in [1.54, 1.807) is 0 Å². The molecule has 4 N–H and O–H groups in total. The Bertz CT molecular complexity index is 417. The van der Waals surface area contributed by atoms with Gasteiger partial charge in [0.25, 0.3) is 0 Å². The maximum Gasteiger partial charge on any atom is 0.334 e. The van der Waals surface area contributed by atoms with E-state index in [-0.39, 0.29) is 6.54 Å². The van der Waals surface area contributed by atoms with Crippen LogP contribution < -0.4 is 10.6 Å². The summed E-state index contributed by atoms with van der Waals surface area (Å²) in [6.07, 6.45) is -0.639. The van der Waals surface area contributed by atoms with Gasteiger partial charge in [0.15, 0.2) is 15.9 Å². The molecule has 0 fully saturated rings. The third-order valence-corrected chi connectivity index (χ3v) is 4.57. The fourth-order valence-electron chi connectivity index (χ4n) is 0.763. The third kappa shape index (κ3) is 5.32. The molecular formula is C9H18N2O6S. The van der Waals surface area contributed by atoms with Gasteiger partial charge in [-0.3, -0.25) is 0 Å². The molecule has 9 heteroatoms. The van der Waals surface area contributed by atoms with Gasteiger partial charge in [0.2, 0.25) is 0 Å². The molecule has 1 atom stereocenters. The lowest BCUT2D eigenvalue weighted by Crippen LogP contribution is -2.48. The molecule has 0 aromatic rings. The van der Waals surface area contributed by atoms with E-state index in [0.717, 1.165) is 6.26 Å². The highest BCUT2D eigenvalue weighted by atomic mass is 32.2. The number of hydrogen-bond donors (Lipinski definition) is 4. The Morgan fingerprint density at radius 2 is 1.78 bits per heavy atom. The quantitative estimate of drug-likeness (QED) is 0.471. The molecule has 0 rings (SSSR count). The number of nitrogens with one attached hydrogen (secondary N) is 2. The van der Waals surface area contributed by atoms with Crippen molar-refractivity contribution in [2.24, 2.45) is 0 Å². The summed E-state index contributed by atoms with van der Waals surface area (Å²) in [7, 11) is -3.33. The zero-order valence-corrected chi connectivity index (χ0v) is 11.2. The first kappa shape index (κ1) is 16.6. The number of carboxylic acid groups (broad SMARTS) is 1. The number of amides is 2. The Hall–Kier alpha value is -1.35. The van der Waals surface area contributed by atoms with Crippen molar-refractivity contribution < 1.29 is 28.2 Å². The molecule has 0 aliphatic heterocycles. The molecule has 0 saturated heterocycles. The minimum absolute atomic E-state index is 0.124.